The van der Waals surface area contributed by atoms with E-state index in [-0.39, 0.29) is 5.91 Å². The summed E-state index contributed by atoms with van der Waals surface area (Å²) >= 11 is 3.09. The van der Waals surface area contributed by atoms with E-state index in [4.69, 9.17) is 9.47 Å². The Bertz CT molecular complexity index is 886. The summed E-state index contributed by atoms with van der Waals surface area (Å²) in [7, 11) is 1.57. The molecule has 7 heteroatoms. The van der Waals surface area contributed by atoms with Crippen molar-refractivity contribution >= 4 is 33.7 Å². The van der Waals surface area contributed by atoms with Gasteiger partial charge in [-0.25, -0.2) is 4.98 Å². The highest BCUT2D eigenvalue weighted by Gasteiger charge is 2.14. The predicted octanol–water partition coefficient (Wildman–Crippen LogP) is 4.84. The van der Waals surface area contributed by atoms with Gasteiger partial charge in [0.05, 0.1) is 24.3 Å². The van der Waals surface area contributed by atoms with Crippen molar-refractivity contribution in [2.24, 2.45) is 0 Å². The second-order valence-electron chi connectivity index (χ2n) is 5.20. The Labute approximate surface area is 154 Å². The summed E-state index contributed by atoms with van der Waals surface area (Å²) < 4.78 is 10.8. The summed E-state index contributed by atoms with van der Waals surface area (Å²) in [5.41, 5.74) is 1.37. The third kappa shape index (κ3) is 4.00. The lowest BCUT2D eigenvalue weighted by Gasteiger charge is -2.10. The van der Waals surface area contributed by atoms with E-state index in [0.717, 1.165) is 10.6 Å². The molecule has 0 unspecified atom stereocenters. The zero-order valence-electron chi connectivity index (χ0n) is 14.2. The molecule has 2 aromatic heterocycles. The molecule has 3 rings (SSSR count). The molecule has 25 heavy (non-hydrogen) atoms. The van der Waals surface area contributed by atoms with Crippen LogP contribution in [0.25, 0.3) is 10.6 Å². The first-order valence-electron chi connectivity index (χ1n) is 7.75. The Balaban J connectivity index is 1.76. The van der Waals surface area contributed by atoms with Crippen LogP contribution in [0.3, 0.4) is 0 Å². The number of nitrogens with one attached hydrogen (secondary N) is 1. The number of benzene rings is 1. The molecule has 5 nitrogen and oxygen atoms in total. The molecule has 0 atom stereocenters. The van der Waals surface area contributed by atoms with E-state index in [1.165, 1.54) is 16.2 Å². The molecular weight excluding hydrogens is 356 g/mol. The van der Waals surface area contributed by atoms with Gasteiger partial charge in [0.2, 0.25) is 0 Å². The van der Waals surface area contributed by atoms with Crippen LogP contribution in [0, 0.1) is 6.92 Å². The first-order chi connectivity index (χ1) is 12.1. The second kappa shape index (κ2) is 7.67. The molecule has 0 aliphatic carbocycles. The summed E-state index contributed by atoms with van der Waals surface area (Å²) in [6.07, 6.45) is 0. The van der Waals surface area contributed by atoms with Crippen LogP contribution in [0.1, 0.15) is 22.2 Å². The lowest BCUT2D eigenvalue weighted by molar-refractivity contribution is 0.102. The largest absolute Gasteiger partial charge is 0.493 e. The molecule has 2 heterocycles. The van der Waals surface area contributed by atoms with Crippen LogP contribution in [0.5, 0.6) is 11.5 Å². The first kappa shape index (κ1) is 17.4. The van der Waals surface area contributed by atoms with E-state index < -0.39 is 0 Å². The van der Waals surface area contributed by atoms with Crippen molar-refractivity contribution in [3.8, 4) is 22.1 Å². The van der Waals surface area contributed by atoms with Crippen LogP contribution in [0.4, 0.5) is 5.13 Å². The third-order valence-corrected chi connectivity index (χ3v) is 5.22. The number of amides is 1. The van der Waals surface area contributed by atoms with Gasteiger partial charge in [-0.15, -0.1) is 22.7 Å². The molecule has 0 fully saturated rings. The number of nitrogens with zero attached hydrogens (tertiary/aromatic N) is 1. The van der Waals surface area contributed by atoms with Crippen LogP contribution < -0.4 is 14.8 Å². The Kier molecular flexibility index (Phi) is 5.35. The third-order valence-electron chi connectivity index (χ3n) is 3.44. The Morgan fingerprint density at radius 3 is 2.76 bits per heavy atom. The van der Waals surface area contributed by atoms with E-state index >= 15 is 0 Å². The highest BCUT2D eigenvalue weighted by atomic mass is 32.1. The average molecular weight is 374 g/mol. The molecule has 3 aromatic rings. The number of carbonyl (C=O) groups is 1. The van der Waals surface area contributed by atoms with Gasteiger partial charge in [-0.1, -0.05) is 0 Å². The number of methoxy groups -OCH3 is 1. The summed E-state index contributed by atoms with van der Waals surface area (Å²) in [6.45, 7) is 4.44. The number of thiazole rings is 1. The zero-order chi connectivity index (χ0) is 17.8. The van der Waals surface area contributed by atoms with Crippen LogP contribution in [0.2, 0.25) is 0 Å². The molecule has 0 aliphatic rings. The fourth-order valence-corrected chi connectivity index (χ4v) is 3.88. The minimum Gasteiger partial charge on any atom is -0.493 e. The number of anilines is 1. The smallest absolute Gasteiger partial charge is 0.257 e. The monoisotopic (exact) mass is 374 g/mol. The van der Waals surface area contributed by atoms with Crippen LogP contribution >= 0.6 is 22.7 Å². The maximum Gasteiger partial charge on any atom is 0.257 e. The number of ether oxygens (including phenoxy) is 2. The summed E-state index contributed by atoms with van der Waals surface area (Å²) in [4.78, 5) is 19.3. The van der Waals surface area contributed by atoms with Gasteiger partial charge in [-0.2, -0.15) is 0 Å². The highest BCUT2D eigenvalue weighted by Crippen LogP contribution is 2.31. The molecule has 130 valence electrons. The zero-order valence-corrected chi connectivity index (χ0v) is 15.8. The summed E-state index contributed by atoms with van der Waals surface area (Å²) in [6, 6.07) is 9.20. The van der Waals surface area contributed by atoms with Crippen molar-refractivity contribution in [3.63, 3.8) is 0 Å². The first-order valence-corrected chi connectivity index (χ1v) is 9.45. The molecular formula is C18H18N2O3S2. The van der Waals surface area contributed by atoms with Crippen molar-refractivity contribution in [3.05, 3.63) is 46.2 Å². The van der Waals surface area contributed by atoms with E-state index in [2.05, 4.69) is 23.3 Å². The summed E-state index contributed by atoms with van der Waals surface area (Å²) in [5.74, 6) is 0.918. The topological polar surface area (TPSA) is 60.5 Å². The van der Waals surface area contributed by atoms with Gasteiger partial charge in [0.25, 0.3) is 5.91 Å². The van der Waals surface area contributed by atoms with Gasteiger partial charge in [0, 0.05) is 15.8 Å². The van der Waals surface area contributed by atoms with Crippen molar-refractivity contribution in [2.75, 3.05) is 19.0 Å². The maximum absolute atomic E-state index is 12.5. The number of carbonyl (C=O) groups excluding carboxylic acids is 1. The van der Waals surface area contributed by atoms with Crippen molar-refractivity contribution in [1.29, 1.82) is 0 Å². The number of thiophene rings is 1. The highest BCUT2D eigenvalue weighted by molar-refractivity contribution is 7.17. The second-order valence-corrected chi connectivity index (χ2v) is 7.35. The number of rotatable bonds is 6. The van der Waals surface area contributed by atoms with Crippen LogP contribution in [-0.4, -0.2) is 24.6 Å². The van der Waals surface area contributed by atoms with Gasteiger partial charge >= 0.3 is 0 Å². The fourth-order valence-electron chi connectivity index (χ4n) is 2.27. The molecule has 0 aliphatic heterocycles. The number of hydrogen-bond acceptors (Lipinski definition) is 6. The van der Waals surface area contributed by atoms with Crippen LogP contribution in [-0.2, 0) is 0 Å². The predicted molar refractivity (Wildman–Crippen MR) is 102 cm³/mol. The van der Waals surface area contributed by atoms with E-state index in [0.29, 0.717) is 28.8 Å². The quantitative estimate of drug-likeness (QED) is 0.671. The minimum atomic E-state index is -0.230. The van der Waals surface area contributed by atoms with Crippen molar-refractivity contribution in [2.45, 2.75) is 13.8 Å². The Morgan fingerprint density at radius 1 is 1.24 bits per heavy atom. The molecule has 1 N–H and O–H groups in total. The fraction of sp³-hybridized carbons (Fsp3) is 0.222. The lowest BCUT2D eigenvalue weighted by Crippen LogP contribution is -2.12. The number of aromatic nitrogens is 1. The molecule has 0 bridgehead atoms. The van der Waals surface area contributed by atoms with Gasteiger partial charge in [-0.3, -0.25) is 10.1 Å². The van der Waals surface area contributed by atoms with Gasteiger partial charge < -0.3 is 9.47 Å². The van der Waals surface area contributed by atoms with Gasteiger partial charge in [0.1, 0.15) is 0 Å². The Morgan fingerprint density at radius 2 is 2.08 bits per heavy atom. The van der Waals surface area contributed by atoms with Gasteiger partial charge in [-0.05, 0) is 44.2 Å². The van der Waals surface area contributed by atoms with E-state index in [1.807, 2.05) is 18.4 Å². The van der Waals surface area contributed by atoms with Crippen LogP contribution in [0.15, 0.2) is 35.7 Å². The van der Waals surface area contributed by atoms with Crippen molar-refractivity contribution in [1.82, 2.24) is 4.98 Å². The number of hydrogen-bond donors (Lipinski definition) is 1. The minimum absolute atomic E-state index is 0.230. The molecule has 0 radical (unpaired) electrons. The van der Waals surface area contributed by atoms with E-state index in [1.54, 1.807) is 36.6 Å². The summed E-state index contributed by atoms with van der Waals surface area (Å²) in [5, 5.41) is 5.35. The van der Waals surface area contributed by atoms with Gasteiger partial charge in [0.15, 0.2) is 16.6 Å². The SMILES string of the molecule is CCOc1cc(C(=O)Nc2nc(-c3ccc(C)s3)cs2)ccc1OC. The molecule has 0 saturated carbocycles. The normalized spacial score (nSPS) is 10.5. The Hall–Kier alpha value is -2.38. The average Bonchev–Trinajstić information content (AvgIpc) is 3.24. The van der Waals surface area contributed by atoms with E-state index in [9.17, 15) is 4.79 Å². The maximum atomic E-state index is 12.5. The standard InChI is InChI=1S/C18H18N2O3S2/c1-4-23-15-9-12(6-7-14(15)22-3)17(21)20-18-19-13(10-24-18)16-8-5-11(2)25-16/h5-10H,4H2,1-3H3,(H,19,20,21). The van der Waals surface area contributed by atoms with Crippen molar-refractivity contribution < 1.29 is 14.3 Å². The number of aryl methyl sites for hydroxylation is 1. The lowest BCUT2D eigenvalue weighted by atomic mass is 10.2. The molecule has 1 amide bonds. The molecule has 0 spiro atoms. The molecule has 1 aromatic carbocycles. The molecule has 0 saturated heterocycles.